The number of aliphatic hydroxyl groups is 2. The van der Waals surface area contributed by atoms with Crippen molar-refractivity contribution in [3.8, 4) is 0 Å². The summed E-state index contributed by atoms with van der Waals surface area (Å²) in [5.41, 5.74) is 0. The molecule has 0 aromatic rings. The van der Waals surface area contributed by atoms with E-state index in [-0.39, 0.29) is 12.8 Å². The minimum absolute atomic E-state index is 0.185. The lowest BCUT2D eigenvalue weighted by molar-refractivity contribution is -0.153. The fourth-order valence-electron chi connectivity index (χ4n) is 7.17. The standard InChI is InChI=1S/C48H93O10P/c1-3-5-7-9-11-13-15-17-18-19-20-21-22-23-24-25-26-28-30-32-34-36-38-40-48(52)58-46(42-50)44-56-59(53,54)55-43-45(41-49)57-47(51)39-37-35-33-31-29-27-16-14-12-10-8-6-4-2/h14,16,45-46,49-50H,3-13,15,17-44H2,1-2H3,(H,53,54)/b16-14-. The first kappa shape index (κ1) is 57.7. The molecule has 0 aliphatic heterocycles. The average Bonchev–Trinajstić information content (AvgIpc) is 3.22. The van der Waals surface area contributed by atoms with Gasteiger partial charge in [-0.2, -0.15) is 0 Å². The number of esters is 2. The van der Waals surface area contributed by atoms with Crippen molar-refractivity contribution in [3.63, 3.8) is 0 Å². The highest BCUT2D eigenvalue weighted by Crippen LogP contribution is 2.43. The van der Waals surface area contributed by atoms with Gasteiger partial charge in [0, 0.05) is 12.8 Å². The van der Waals surface area contributed by atoms with Crippen LogP contribution in [0.5, 0.6) is 0 Å². The molecule has 10 nitrogen and oxygen atoms in total. The van der Waals surface area contributed by atoms with Crippen molar-refractivity contribution in [2.75, 3.05) is 26.4 Å². The van der Waals surface area contributed by atoms with Gasteiger partial charge >= 0.3 is 19.8 Å². The third-order valence-electron chi connectivity index (χ3n) is 11.0. The summed E-state index contributed by atoms with van der Waals surface area (Å²) in [5.74, 6) is -1.02. The Balaban J connectivity index is 3.79. The quantitative estimate of drug-likeness (QED) is 0.0234. The highest BCUT2D eigenvalue weighted by atomic mass is 31.2. The van der Waals surface area contributed by atoms with Gasteiger partial charge in [0.15, 0.2) is 0 Å². The molecule has 0 amide bonds. The molecule has 0 heterocycles. The van der Waals surface area contributed by atoms with Gasteiger partial charge < -0.3 is 24.6 Å². The number of hydrogen-bond donors (Lipinski definition) is 3. The predicted octanol–water partition coefficient (Wildman–Crippen LogP) is 13.6. The molecule has 0 aliphatic carbocycles. The smallest absolute Gasteiger partial charge is 0.457 e. The molecule has 350 valence electrons. The van der Waals surface area contributed by atoms with Crippen LogP contribution in [0.1, 0.15) is 245 Å². The maximum Gasteiger partial charge on any atom is 0.472 e. The van der Waals surface area contributed by atoms with Crippen LogP contribution in [0.2, 0.25) is 0 Å². The van der Waals surface area contributed by atoms with E-state index in [1.165, 1.54) is 148 Å². The number of allylic oxidation sites excluding steroid dienone is 2. The lowest BCUT2D eigenvalue weighted by Gasteiger charge is -2.20. The molecular weight excluding hydrogens is 767 g/mol. The van der Waals surface area contributed by atoms with E-state index in [9.17, 15) is 29.3 Å². The zero-order valence-corrected chi connectivity index (χ0v) is 39.1. The topological polar surface area (TPSA) is 149 Å². The lowest BCUT2D eigenvalue weighted by Crippen LogP contribution is -2.28. The van der Waals surface area contributed by atoms with E-state index < -0.39 is 58.4 Å². The number of carbonyl (C=O) groups is 2. The summed E-state index contributed by atoms with van der Waals surface area (Å²) in [6, 6.07) is 0. The number of aliphatic hydroxyl groups excluding tert-OH is 2. The number of carbonyl (C=O) groups excluding carboxylic acids is 2. The Labute approximate surface area is 362 Å². The maximum atomic E-state index is 12.4. The zero-order chi connectivity index (χ0) is 43.3. The molecule has 0 saturated heterocycles. The average molecular weight is 861 g/mol. The Bertz CT molecular complexity index is 993. The number of unbranched alkanes of at least 4 members (excludes halogenated alkanes) is 31. The second-order valence-electron chi connectivity index (χ2n) is 16.8. The van der Waals surface area contributed by atoms with Gasteiger partial charge in [-0.1, -0.05) is 206 Å². The van der Waals surface area contributed by atoms with Gasteiger partial charge in [-0.25, -0.2) is 4.57 Å². The summed E-state index contributed by atoms with van der Waals surface area (Å²) in [4.78, 5) is 34.6. The van der Waals surface area contributed by atoms with Gasteiger partial charge in [0.05, 0.1) is 26.4 Å². The van der Waals surface area contributed by atoms with Crippen LogP contribution in [-0.2, 0) is 32.7 Å². The molecule has 0 saturated carbocycles. The van der Waals surface area contributed by atoms with E-state index in [4.69, 9.17) is 18.5 Å². The van der Waals surface area contributed by atoms with Crippen LogP contribution in [0.25, 0.3) is 0 Å². The number of ether oxygens (including phenoxy) is 2. The minimum atomic E-state index is -4.63. The Morgan fingerprint density at radius 2 is 0.695 bits per heavy atom. The van der Waals surface area contributed by atoms with Gasteiger partial charge in [-0.05, 0) is 38.5 Å². The first-order valence-electron chi connectivity index (χ1n) is 24.6. The van der Waals surface area contributed by atoms with Gasteiger partial charge in [-0.3, -0.25) is 18.6 Å². The third kappa shape index (κ3) is 43.2. The number of rotatable bonds is 47. The summed E-state index contributed by atoms with van der Waals surface area (Å²) < 4.78 is 32.6. The molecule has 0 aliphatic rings. The van der Waals surface area contributed by atoms with Crippen molar-refractivity contribution in [2.45, 2.75) is 257 Å². The van der Waals surface area contributed by atoms with E-state index >= 15 is 0 Å². The second kappa shape index (κ2) is 44.8. The normalized spacial score (nSPS) is 13.8. The van der Waals surface area contributed by atoms with Crippen LogP contribution in [0.15, 0.2) is 12.2 Å². The van der Waals surface area contributed by atoms with Crippen LogP contribution < -0.4 is 0 Å². The van der Waals surface area contributed by atoms with Crippen molar-refractivity contribution in [2.24, 2.45) is 0 Å². The molecule has 11 heteroatoms. The summed E-state index contributed by atoms with van der Waals surface area (Å²) in [5, 5.41) is 19.2. The van der Waals surface area contributed by atoms with Crippen LogP contribution in [0, 0.1) is 0 Å². The first-order chi connectivity index (χ1) is 28.8. The molecule has 59 heavy (non-hydrogen) atoms. The molecule has 0 aromatic heterocycles. The monoisotopic (exact) mass is 861 g/mol. The van der Waals surface area contributed by atoms with Gasteiger partial charge in [0.1, 0.15) is 12.2 Å². The Morgan fingerprint density at radius 1 is 0.441 bits per heavy atom. The molecule has 3 N–H and O–H groups in total. The van der Waals surface area contributed by atoms with Crippen LogP contribution >= 0.6 is 7.82 Å². The molecular formula is C48H93O10P. The molecule has 0 fully saturated rings. The maximum absolute atomic E-state index is 12.4. The Hall–Kier alpha value is -1.29. The van der Waals surface area contributed by atoms with Gasteiger partial charge in [0.25, 0.3) is 0 Å². The van der Waals surface area contributed by atoms with Crippen molar-refractivity contribution >= 4 is 19.8 Å². The highest BCUT2D eigenvalue weighted by molar-refractivity contribution is 7.47. The second-order valence-corrected chi connectivity index (χ2v) is 18.3. The molecule has 0 bridgehead atoms. The van der Waals surface area contributed by atoms with E-state index in [0.717, 1.165) is 57.8 Å². The lowest BCUT2D eigenvalue weighted by atomic mass is 10.0. The highest BCUT2D eigenvalue weighted by Gasteiger charge is 2.27. The SMILES string of the molecule is CCCCCC/C=C\CCCCCCCC(=O)OC(CO)COP(=O)(O)OCC(CO)OC(=O)CCCCCCCCCCCCCCCCCCCCCCCCC. The van der Waals surface area contributed by atoms with Crippen LogP contribution in [-0.4, -0.2) is 65.7 Å². The molecule has 3 unspecified atom stereocenters. The minimum Gasteiger partial charge on any atom is -0.457 e. The van der Waals surface area contributed by atoms with Crippen molar-refractivity contribution in [1.29, 1.82) is 0 Å². The number of hydrogen-bond acceptors (Lipinski definition) is 9. The number of phosphoric acid groups is 1. The summed E-state index contributed by atoms with van der Waals surface area (Å²) in [6.07, 6.45) is 44.8. The largest absolute Gasteiger partial charge is 0.472 e. The van der Waals surface area contributed by atoms with Crippen molar-refractivity contribution < 1.29 is 47.8 Å². The Morgan fingerprint density at radius 3 is 0.983 bits per heavy atom. The molecule has 0 radical (unpaired) electrons. The molecule has 0 spiro atoms. The first-order valence-corrected chi connectivity index (χ1v) is 26.1. The third-order valence-corrected chi connectivity index (χ3v) is 11.9. The summed E-state index contributed by atoms with van der Waals surface area (Å²) >= 11 is 0. The summed E-state index contributed by atoms with van der Waals surface area (Å²) in [6.45, 7) is 2.23. The van der Waals surface area contributed by atoms with E-state index in [0.29, 0.717) is 12.8 Å². The van der Waals surface area contributed by atoms with Crippen molar-refractivity contribution in [3.05, 3.63) is 12.2 Å². The fourth-order valence-corrected chi connectivity index (χ4v) is 7.95. The predicted molar refractivity (Wildman–Crippen MR) is 242 cm³/mol. The zero-order valence-electron chi connectivity index (χ0n) is 38.2. The van der Waals surface area contributed by atoms with E-state index in [2.05, 4.69) is 26.0 Å². The van der Waals surface area contributed by atoms with E-state index in [1.54, 1.807) is 0 Å². The van der Waals surface area contributed by atoms with Crippen molar-refractivity contribution in [1.82, 2.24) is 0 Å². The van der Waals surface area contributed by atoms with Gasteiger partial charge in [0.2, 0.25) is 0 Å². The molecule has 0 rings (SSSR count). The molecule has 0 aromatic carbocycles. The fraction of sp³-hybridized carbons (Fsp3) is 0.917. The van der Waals surface area contributed by atoms with E-state index in [1.807, 2.05) is 0 Å². The van der Waals surface area contributed by atoms with Crippen LogP contribution in [0.4, 0.5) is 0 Å². The Kier molecular flexibility index (Phi) is 43.8. The molecule has 3 atom stereocenters. The van der Waals surface area contributed by atoms with Crippen LogP contribution in [0.3, 0.4) is 0 Å². The summed E-state index contributed by atoms with van der Waals surface area (Å²) in [7, 11) is -4.63. The van der Waals surface area contributed by atoms with Gasteiger partial charge in [-0.15, -0.1) is 0 Å². The number of phosphoric ester groups is 1.